The molecule has 1 aromatic carbocycles. The van der Waals surface area contributed by atoms with Crippen molar-refractivity contribution in [2.24, 2.45) is 0 Å². The summed E-state index contributed by atoms with van der Waals surface area (Å²) in [4.78, 5) is 61.8. The first-order valence-corrected chi connectivity index (χ1v) is 10.6. The van der Waals surface area contributed by atoms with Crippen molar-refractivity contribution in [1.29, 1.82) is 0 Å². The topological polar surface area (TPSA) is 125 Å². The van der Waals surface area contributed by atoms with Crippen LogP contribution in [-0.2, 0) is 9.59 Å². The number of amides is 4. The van der Waals surface area contributed by atoms with Gasteiger partial charge in [0.25, 0.3) is 11.8 Å². The number of piperidine rings is 1. The van der Waals surface area contributed by atoms with E-state index in [1.807, 2.05) is 0 Å². The van der Waals surface area contributed by atoms with Gasteiger partial charge in [-0.1, -0.05) is 6.07 Å². The molecule has 2 aliphatic rings. The van der Waals surface area contributed by atoms with Crippen LogP contribution >= 0.6 is 0 Å². The summed E-state index contributed by atoms with van der Waals surface area (Å²) < 4.78 is 13.6. The molecule has 172 valence electrons. The smallest absolute Gasteiger partial charge is 0.257 e. The predicted octanol–water partition coefficient (Wildman–Crippen LogP) is -0.0227. The maximum Gasteiger partial charge on any atom is 0.257 e. The molecule has 2 N–H and O–H groups in total. The molecule has 0 radical (unpaired) electrons. The number of hydrogen-bond donors (Lipinski definition) is 2. The number of piperazine rings is 1. The van der Waals surface area contributed by atoms with Gasteiger partial charge in [0.2, 0.25) is 11.8 Å². The Morgan fingerprint density at radius 1 is 1.09 bits per heavy atom. The molecule has 2 fully saturated rings. The Bertz CT molecular complexity index is 1070. The number of nitrogens with one attached hydrogen (secondary N) is 2. The molecule has 10 nitrogen and oxygen atoms in total. The third-order valence-electron chi connectivity index (χ3n) is 5.71. The second kappa shape index (κ2) is 9.72. The molecule has 2 saturated heterocycles. The molecule has 2 aromatic rings. The molecule has 4 rings (SSSR count). The molecule has 2 aliphatic heterocycles. The first-order chi connectivity index (χ1) is 15.9. The SMILES string of the molecule is O=C1NCCCC1NC(=O)C1CN(C(=O)c2cccc(F)c2)CCN1C(=O)c1cncnc1. The van der Waals surface area contributed by atoms with Gasteiger partial charge in [-0.2, -0.15) is 0 Å². The van der Waals surface area contributed by atoms with Crippen LogP contribution in [0.1, 0.15) is 33.6 Å². The minimum Gasteiger partial charge on any atom is -0.354 e. The molecular weight excluding hydrogens is 431 g/mol. The fraction of sp³-hybridized carbons (Fsp3) is 0.364. The normalized spacial score (nSPS) is 20.7. The molecule has 0 saturated carbocycles. The first kappa shape index (κ1) is 22.3. The third kappa shape index (κ3) is 4.97. The molecule has 0 aliphatic carbocycles. The van der Waals surface area contributed by atoms with Crippen LogP contribution in [-0.4, -0.2) is 81.7 Å². The lowest BCUT2D eigenvalue weighted by molar-refractivity contribution is -0.133. The van der Waals surface area contributed by atoms with E-state index in [1.165, 1.54) is 46.7 Å². The van der Waals surface area contributed by atoms with Crippen molar-refractivity contribution in [3.63, 3.8) is 0 Å². The van der Waals surface area contributed by atoms with Gasteiger partial charge in [-0.15, -0.1) is 0 Å². The van der Waals surface area contributed by atoms with Gasteiger partial charge in [-0.3, -0.25) is 19.2 Å². The van der Waals surface area contributed by atoms with Gasteiger partial charge in [-0.05, 0) is 31.0 Å². The maximum atomic E-state index is 13.6. The van der Waals surface area contributed by atoms with Crippen molar-refractivity contribution in [2.75, 3.05) is 26.2 Å². The Kier molecular flexibility index (Phi) is 6.57. The Hall–Kier alpha value is -3.89. The van der Waals surface area contributed by atoms with Crippen LogP contribution in [0.4, 0.5) is 4.39 Å². The van der Waals surface area contributed by atoms with Crippen molar-refractivity contribution < 1.29 is 23.6 Å². The summed E-state index contributed by atoms with van der Waals surface area (Å²) in [5.41, 5.74) is 0.354. The third-order valence-corrected chi connectivity index (χ3v) is 5.71. The highest BCUT2D eigenvalue weighted by molar-refractivity contribution is 5.99. The Morgan fingerprint density at radius 2 is 1.88 bits per heavy atom. The highest BCUT2D eigenvalue weighted by Gasteiger charge is 2.39. The molecule has 4 amide bonds. The standard InChI is InChI=1S/C22H23FN6O4/c23-16-4-1-3-14(9-16)21(32)28-7-8-29(22(33)15-10-24-13-25-11-15)18(12-28)20(31)27-17-5-2-6-26-19(17)30/h1,3-4,9-11,13,17-18H,2,5-8,12H2,(H,26,30)(H,27,31). The summed E-state index contributed by atoms with van der Waals surface area (Å²) in [5.74, 6) is -2.28. The summed E-state index contributed by atoms with van der Waals surface area (Å²) in [7, 11) is 0. The minimum atomic E-state index is -1.04. The van der Waals surface area contributed by atoms with Gasteiger partial charge in [-0.25, -0.2) is 14.4 Å². The second-order valence-corrected chi connectivity index (χ2v) is 7.90. The van der Waals surface area contributed by atoms with Crippen LogP contribution in [0.2, 0.25) is 0 Å². The average Bonchev–Trinajstić information content (AvgIpc) is 2.84. The number of benzene rings is 1. The van der Waals surface area contributed by atoms with E-state index in [4.69, 9.17) is 0 Å². The van der Waals surface area contributed by atoms with Gasteiger partial charge in [0.1, 0.15) is 24.2 Å². The molecule has 0 spiro atoms. The number of nitrogens with zero attached hydrogens (tertiary/aromatic N) is 4. The van der Waals surface area contributed by atoms with Crippen LogP contribution in [0.25, 0.3) is 0 Å². The zero-order valence-corrected chi connectivity index (χ0v) is 17.7. The number of aromatic nitrogens is 2. The summed E-state index contributed by atoms with van der Waals surface area (Å²) in [6.07, 6.45) is 5.19. The summed E-state index contributed by atoms with van der Waals surface area (Å²) >= 11 is 0. The Morgan fingerprint density at radius 3 is 2.61 bits per heavy atom. The van der Waals surface area contributed by atoms with Gasteiger partial charge < -0.3 is 20.4 Å². The molecule has 2 atom stereocenters. The van der Waals surface area contributed by atoms with Crippen LogP contribution in [0, 0.1) is 5.82 Å². The highest BCUT2D eigenvalue weighted by Crippen LogP contribution is 2.18. The lowest BCUT2D eigenvalue weighted by Gasteiger charge is -2.41. The van der Waals surface area contributed by atoms with E-state index in [2.05, 4.69) is 20.6 Å². The number of hydrogen-bond acceptors (Lipinski definition) is 6. The quantitative estimate of drug-likeness (QED) is 0.669. The van der Waals surface area contributed by atoms with Crippen molar-refractivity contribution in [1.82, 2.24) is 30.4 Å². The summed E-state index contributed by atoms with van der Waals surface area (Å²) in [5, 5.41) is 5.41. The molecule has 11 heteroatoms. The number of halogens is 1. The lowest BCUT2D eigenvalue weighted by atomic mass is 10.0. The molecule has 0 bridgehead atoms. The number of rotatable bonds is 4. The minimum absolute atomic E-state index is 0.0731. The van der Waals surface area contributed by atoms with Crippen LogP contribution in [0.3, 0.4) is 0 Å². The van der Waals surface area contributed by atoms with E-state index in [9.17, 15) is 23.6 Å². The number of carbonyl (C=O) groups is 4. The zero-order valence-electron chi connectivity index (χ0n) is 17.7. The molecule has 1 aromatic heterocycles. The van der Waals surface area contributed by atoms with Gasteiger partial charge in [0.05, 0.1) is 12.1 Å². The van der Waals surface area contributed by atoms with Crippen molar-refractivity contribution >= 4 is 23.6 Å². The van der Waals surface area contributed by atoms with Crippen molar-refractivity contribution in [3.8, 4) is 0 Å². The van der Waals surface area contributed by atoms with Crippen molar-refractivity contribution in [3.05, 3.63) is 59.9 Å². The van der Waals surface area contributed by atoms with E-state index >= 15 is 0 Å². The summed E-state index contributed by atoms with van der Waals surface area (Å²) in [6, 6.07) is 3.54. The summed E-state index contributed by atoms with van der Waals surface area (Å²) in [6.45, 7) is 0.671. The lowest BCUT2D eigenvalue weighted by Crippen LogP contribution is -2.63. The van der Waals surface area contributed by atoms with E-state index in [-0.39, 0.29) is 36.7 Å². The molecular formula is C22H23FN6O4. The Balaban J connectivity index is 1.56. The van der Waals surface area contributed by atoms with Gasteiger partial charge >= 0.3 is 0 Å². The molecule has 3 heterocycles. The largest absolute Gasteiger partial charge is 0.354 e. The maximum absolute atomic E-state index is 13.6. The zero-order chi connectivity index (χ0) is 23.4. The average molecular weight is 454 g/mol. The Labute approximate surface area is 189 Å². The van der Waals surface area contributed by atoms with Gasteiger partial charge in [0, 0.05) is 37.6 Å². The van der Waals surface area contributed by atoms with Crippen molar-refractivity contribution in [2.45, 2.75) is 24.9 Å². The second-order valence-electron chi connectivity index (χ2n) is 7.90. The predicted molar refractivity (Wildman–Crippen MR) is 113 cm³/mol. The van der Waals surface area contributed by atoms with E-state index in [0.717, 1.165) is 12.5 Å². The number of carbonyl (C=O) groups excluding carboxylic acids is 4. The van der Waals surface area contributed by atoms with Crippen LogP contribution in [0.5, 0.6) is 0 Å². The molecule has 2 unspecified atom stereocenters. The fourth-order valence-corrected chi connectivity index (χ4v) is 3.99. The van der Waals surface area contributed by atoms with Crippen LogP contribution in [0.15, 0.2) is 43.0 Å². The highest BCUT2D eigenvalue weighted by atomic mass is 19.1. The van der Waals surface area contributed by atoms with Gasteiger partial charge in [0.15, 0.2) is 0 Å². The first-order valence-electron chi connectivity index (χ1n) is 10.6. The fourth-order valence-electron chi connectivity index (χ4n) is 3.99. The van der Waals surface area contributed by atoms with E-state index in [0.29, 0.717) is 13.0 Å². The van der Waals surface area contributed by atoms with E-state index in [1.54, 1.807) is 0 Å². The van der Waals surface area contributed by atoms with E-state index < -0.39 is 35.6 Å². The molecule has 33 heavy (non-hydrogen) atoms. The monoisotopic (exact) mass is 454 g/mol. The van der Waals surface area contributed by atoms with Crippen LogP contribution < -0.4 is 10.6 Å².